The number of carbonyl (C=O) groups excluding carboxylic acids is 1. The van der Waals surface area contributed by atoms with Crippen LogP contribution in [0, 0.1) is 11.6 Å². The molecule has 1 aliphatic rings. The van der Waals surface area contributed by atoms with Crippen molar-refractivity contribution < 1.29 is 27.5 Å². The number of piperidine rings is 1. The Morgan fingerprint density at radius 3 is 2.88 bits per heavy atom. The summed E-state index contributed by atoms with van der Waals surface area (Å²) in [4.78, 5) is 18.7. The minimum Gasteiger partial charge on any atom is -0.496 e. The van der Waals surface area contributed by atoms with Gasteiger partial charge in [0.15, 0.2) is 24.1 Å². The maximum atomic E-state index is 13.7. The Morgan fingerprint density at radius 1 is 1.22 bits per heavy atom. The lowest BCUT2D eigenvalue weighted by Crippen LogP contribution is -2.41. The number of likely N-dealkylation sites (tertiary alicyclic amines) is 1. The van der Waals surface area contributed by atoms with Crippen LogP contribution < -0.4 is 9.47 Å². The number of carbonyl (C=O) groups is 1. The van der Waals surface area contributed by atoms with Crippen molar-refractivity contribution in [2.24, 2.45) is 0 Å². The first-order valence-corrected chi connectivity index (χ1v) is 10.5. The van der Waals surface area contributed by atoms with Crippen LogP contribution in [-0.2, 0) is 11.2 Å². The number of para-hydroxylation sites is 1. The van der Waals surface area contributed by atoms with Gasteiger partial charge in [0.05, 0.1) is 19.2 Å². The number of ether oxygens (including phenoxy) is 2. The molecule has 0 N–H and O–H groups in total. The van der Waals surface area contributed by atoms with Gasteiger partial charge in [-0.25, -0.2) is 13.8 Å². The fraction of sp³-hybridized carbons (Fsp3) is 0.333. The maximum Gasteiger partial charge on any atom is 0.260 e. The smallest absolute Gasteiger partial charge is 0.260 e. The van der Waals surface area contributed by atoms with E-state index in [2.05, 4.69) is 4.98 Å². The second-order valence-corrected chi connectivity index (χ2v) is 7.70. The number of amides is 1. The Kier molecular flexibility index (Phi) is 6.68. The van der Waals surface area contributed by atoms with Gasteiger partial charge in [0, 0.05) is 31.1 Å². The molecule has 2 heterocycles. The molecule has 2 aromatic carbocycles. The summed E-state index contributed by atoms with van der Waals surface area (Å²) >= 11 is 0. The van der Waals surface area contributed by atoms with E-state index in [1.54, 1.807) is 18.2 Å². The van der Waals surface area contributed by atoms with E-state index in [4.69, 9.17) is 13.9 Å². The van der Waals surface area contributed by atoms with Gasteiger partial charge in [-0.3, -0.25) is 4.79 Å². The third-order valence-electron chi connectivity index (χ3n) is 5.50. The predicted molar refractivity (Wildman–Crippen MR) is 113 cm³/mol. The Labute approximate surface area is 184 Å². The monoisotopic (exact) mass is 442 g/mol. The molecule has 1 amide bonds. The molecular weight excluding hydrogens is 418 g/mol. The number of nitrogens with zero attached hydrogens (tertiary/aromatic N) is 2. The Hall–Kier alpha value is -3.42. The second kappa shape index (κ2) is 9.80. The molecule has 3 aromatic rings. The fourth-order valence-corrected chi connectivity index (χ4v) is 3.86. The molecule has 1 fully saturated rings. The predicted octanol–water partition coefficient (Wildman–Crippen LogP) is 4.34. The zero-order valence-electron chi connectivity index (χ0n) is 17.7. The summed E-state index contributed by atoms with van der Waals surface area (Å²) in [6, 6.07) is 10.7. The molecule has 1 atom stereocenters. The highest BCUT2D eigenvalue weighted by Crippen LogP contribution is 2.28. The minimum absolute atomic E-state index is 0.0262. The molecule has 0 saturated carbocycles. The van der Waals surface area contributed by atoms with Crippen molar-refractivity contribution in [1.29, 1.82) is 0 Å². The molecule has 1 saturated heterocycles. The number of hydrogen-bond acceptors (Lipinski definition) is 5. The van der Waals surface area contributed by atoms with Crippen LogP contribution in [-0.4, -0.2) is 42.6 Å². The second-order valence-electron chi connectivity index (χ2n) is 7.70. The van der Waals surface area contributed by atoms with E-state index in [1.165, 1.54) is 6.07 Å². The zero-order chi connectivity index (χ0) is 22.5. The lowest BCUT2D eigenvalue weighted by molar-refractivity contribution is -0.134. The van der Waals surface area contributed by atoms with Gasteiger partial charge in [0.1, 0.15) is 17.3 Å². The summed E-state index contributed by atoms with van der Waals surface area (Å²) < 4.78 is 43.4. The van der Waals surface area contributed by atoms with E-state index >= 15 is 0 Å². The highest BCUT2D eigenvalue weighted by Gasteiger charge is 2.28. The van der Waals surface area contributed by atoms with Crippen LogP contribution in [0.3, 0.4) is 0 Å². The lowest BCUT2D eigenvalue weighted by Gasteiger charge is -2.31. The van der Waals surface area contributed by atoms with Crippen LogP contribution in [0.2, 0.25) is 0 Å². The van der Waals surface area contributed by atoms with Gasteiger partial charge in [-0.2, -0.15) is 0 Å². The Bertz CT molecular complexity index is 1090. The average Bonchev–Trinajstić information content (AvgIpc) is 3.27. The summed E-state index contributed by atoms with van der Waals surface area (Å²) in [6.07, 6.45) is 3.92. The number of benzene rings is 2. The minimum atomic E-state index is -0.836. The molecule has 168 valence electrons. The van der Waals surface area contributed by atoms with Gasteiger partial charge >= 0.3 is 0 Å². The number of methoxy groups -OCH3 is 1. The fourth-order valence-electron chi connectivity index (χ4n) is 3.86. The highest BCUT2D eigenvalue weighted by molar-refractivity contribution is 5.78. The lowest BCUT2D eigenvalue weighted by atomic mass is 9.98. The van der Waals surface area contributed by atoms with E-state index in [-0.39, 0.29) is 24.2 Å². The first-order chi connectivity index (χ1) is 15.5. The van der Waals surface area contributed by atoms with Gasteiger partial charge in [0.2, 0.25) is 0 Å². The van der Waals surface area contributed by atoms with Crippen LogP contribution in [0.1, 0.15) is 36.0 Å². The molecule has 0 aliphatic carbocycles. The largest absolute Gasteiger partial charge is 0.496 e. The topological polar surface area (TPSA) is 64.8 Å². The third-order valence-corrected chi connectivity index (χ3v) is 5.50. The van der Waals surface area contributed by atoms with Gasteiger partial charge in [-0.1, -0.05) is 18.2 Å². The molecule has 1 aromatic heterocycles. The molecule has 8 heteroatoms. The van der Waals surface area contributed by atoms with Crippen molar-refractivity contribution in [3.05, 3.63) is 77.5 Å². The zero-order valence-corrected chi connectivity index (χ0v) is 17.7. The molecule has 0 spiro atoms. The summed E-state index contributed by atoms with van der Waals surface area (Å²) in [7, 11) is 1.63. The quantitative estimate of drug-likeness (QED) is 0.545. The first-order valence-electron chi connectivity index (χ1n) is 10.5. The van der Waals surface area contributed by atoms with Crippen LogP contribution in [0.15, 0.2) is 53.1 Å². The van der Waals surface area contributed by atoms with Crippen molar-refractivity contribution in [3.63, 3.8) is 0 Å². The number of halogens is 2. The van der Waals surface area contributed by atoms with Gasteiger partial charge < -0.3 is 18.8 Å². The number of oxazole rings is 1. The van der Waals surface area contributed by atoms with Crippen molar-refractivity contribution in [1.82, 2.24) is 9.88 Å². The third kappa shape index (κ3) is 5.07. The van der Waals surface area contributed by atoms with Crippen LogP contribution >= 0.6 is 0 Å². The number of aromatic nitrogens is 1. The number of hydrogen-bond donors (Lipinski definition) is 0. The van der Waals surface area contributed by atoms with E-state index in [9.17, 15) is 13.6 Å². The van der Waals surface area contributed by atoms with Gasteiger partial charge in [0.25, 0.3) is 5.91 Å². The van der Waals surface area contributed by atoms with Crippen molar-refractivity contribution in [3.8, 4) is 11.5 Å². The standard InChI is InChI=1S/C24H24F2N2O4/c1-30-21-7-3-2-5-16(21)11-19-13-27-24(32-19)17-6-4-10-28(14-17)23(29)15-31-22-9-8-18(25)12-20(22)26/h2-3,5,7-9,12-13,17H,4,6,10-11,14-15H2,1H3/t17-/m1/s1. The first kappa shape index (κ1) is 21.8. The Balaban J connectivity index is 1.36. The van der Waals surface area contributed by atoms with Crippen molar-refractivity contribution in [2.45, 2.75) is 25.2 Å². The molecule has 0 radical (unpaired) electrons. The van der Waals surface area contributed by atoms with Crippen LogP contribution in [0.4, 0.5) is 8.78 Å². The Morgan fingerprint density at radius 2 is 2.06 bits per heavy atom. The molecule has 32 heavy (non-hydrogen) atoms. The molecule has 0 bridgehead atoms. The molecule has 6 nitrogen and oxygen atoms in total. The molecule has 4 rings (SSSR count). The van der Waals surface area contributed by atoms with E-state index < -0.39 is 11.6 Å². The normalized spacial score (nSPS) is 16.1. The molecule has 0 unspecified atom stereocenters. The average molecular weight is 442 g/mol. The van der Waals surface area contributed by atoms with E-state index in [0.29, 0.717) is 25.4 Å². The van der Waals surface area contributed by atoms with E-state index in [0.717, 1.165) is 42.0 Å². The number of rotatable bonds is 7. The summed E-state index contributed by atoms with van der Waals surface area (Å²) in [5.74, 6) is 0.133. The van der Waals surface area contributed by atoms with Crippen LogP contribution in [0.5, 0.6) is 11.5 Å². The summed E-state index contributed by atoms with van der Waals surface area (Å²) in [5, 5.41) is 0. The SMILES string of the molecule is COc1ccccc1Cc1cnc([C@@H]2CCCN(C(=O)COc3ccc(F)cc3F)C2)o1. The molecular formula is C24H24F2N2O4. The summed E-state index contributed by atoms with van der Waals surface area (Å²) in [6.45, 7) is 0.710. The maximum absolute atomic E-state index is 13.7. The van der Waals surface area contributed by atoms with Gasteiger partial charge in [-0.05, 0) is 31.0 Å². The highest BCUT2D eigenvalue weighted by atomic mass is 19.1. The van der Waals surface area contributed by atoms with Crippen LogP contribution in [0.25, 0.3) is 0 Å². The molecule has 1 aliphatic heterocycles. The van der Waals surface area contributed by atoms with Crippen molar-refractivity contribution >= 4 is 5.91 Å². The van der Waals surface area contributed by atoms with E-state index in [1.807, 2.05) is 24.3 Å². The summed E-state index contributed by atoms with van der Waals surface area (Å²) in [5.41, 5.74) is 1.00. The van der Waals surface area contributed by atoms with Crippen molar-refractivity contribution in [2.75, 3.05) is 26.8 Å². The van der Waals surface area contributed by atoms with Gasteiger partial charge in [-0.15, -0.1) is 0 Å².